The molecule has 0 unspecified atom stereocenters. The maximum absolute atomic E-state index is 12.7. The van der Waals surface area contributed by atoms with Crippen LogP contribution in [0.3, 0.4) is 0 Å². The maximum Gasteiger partial charge on any atom is 0.280 e. The van der Waals surface area contributed by atoms with E-state index in [0.29, 0.717) is 24.0 Å². The summed E-state index contributed by atoms with van der Waals surface area (Å²) >= 11 is 0. The molecule has 1 aromatic carbocycles. The Morgan fingerprint density at radius 3 is 2.54 bits per heavy atom. The van der Waals surface area contributed by atoms with E-state index < -0.39 is 0 Å². The quantitative estimate of drug-likeness (QED) is 0.865. The van der Waals surface area contributed by atoms with Crippen LogP contribution in [0, 0.1) is 12.8 Å². The lowest BCUT2D eigenvalue weighted by Crippen LogP contribution is -2.38. The third kappa shape index (κ3) is 3.42. The Labute approximate surface area is 142 Å². The third-order valence-corrected chi connectivity index (χ3v) is 4.61. The number of aryl methyl sites for hydroxylation is 1. The Morgan fingerprint density at radius 1 is 1.25 bits per heavy atom. The van der Waals surface area contributed by atoms with Crippen LogP contribution in [0.25, 0.3) is 0 Å². The van der Waals surface area contributed by atoms with E-state index in [2.05, 4.69) is 36.3 Å². The molecule has 24 heavy (non-hydrogen) atoms. The summed E-state index contributed by atoms with van der Waals surface area (Å²) in [5, 5.41) is 8.22. The second kappa shape index (κ2) is 7.03. The molecule has 1 saturated heterocycles. The number of amides is 1. The second-order valence-electron chi connectivity index (χ2n) is 6.57. The molecule has 6 nitrogen and oxygen atoms in total. The molecule has 2 aromatic rings. The van der Waals surface area contributed by atoms with Crippen molar-refractivity contribution in [3.63, 3.8) is 0 Å². The topological polar surface area (TPSA) is 60.2 Å². The Bertz CT molecular complexity index is 700. The van der Waals surface area contributed by atoms with Gasteiger partial charge < -0.3 is 9.64 Å². The highest BCUT2D eigenvalue weighted by atomic mass is 16.5. The maximum atomic E-state index is 12.7. The zero-order valence-corrected chi connectivity index (χ0v) is 14.5. The molecule has 1 aliphatic heterocycles. The normalized spacial score (nSPS) is 15.5. The first-order chi connectivity index (χ1) is 11.6. The zero-order valence-electron chi connectivity index (χ0n) is 14.5. The molecule has 0 N–H and O–H groups in total. The summed E-state index contributed by atoms with van der Waals surface area (Å²) in [4.78, 5) is 14.6. The van der Waals surface area contributed by atoms with Crippen molar-refractivity contribution in [3.05, 3.63) is 41.1 Å². The number of piperidine rings is 1. The SMILES string of the molecule is COc1c(C(=O)N2CCC(C)CC2)nnn1Cc1ccc(C)cc1. The molecular formula is C18H24N4O2. The highest BCUT2D eigenvalue weighted by Crippen LogP contribution is 2.22. The van der Waals surface area contributed by atoms with Gasteiger partial charge in [-0.15, -0.1) is 5.10 Å². The number of benzene rings is 1. The molecule has 3 rings (SSSR count). The van der Waals surface area contributed by atoms with Gasteiger partial charge >= 0.3 is 0 Å². The predicted molar refractivity (Wildman–Crippen MR) is 91.2 cm³/mol. The minimum absolute atomic E-state index is 0.0890. The third-order valence-electron chi connectivity index (χ3n) is 4.61. The summed E-state index contributed by atoms with van der Waals surface area (Å²) in [7, 11) is 1.55. The first-order valence-corrected chi connectivity index (χ1v) is 8.40. The van der Waals surface area contributed by atoms with Crippen LogP contribution in [-0.2, 0) is 6.54 Å². The number of likely N-dealkylation sites (tertiary alicyclic amines) is 1. The molecule has 0 bridgehead atoms. The van der Waals surface area contributed by atoms with E-state index in [1.165, 1.54) is 5.56 Å². The van der Waals surface area contributed by atoms with E-state index in [-0.39, 0.29) is 5.91 Å². The lowest BCUT2D eigenvalue weighted by Gasteiger charge is -2.29. The fraction of sp³-hybridized carbons (Fsp3) is 0.500. The standard InChI is InChI=1S/C18H24N4O2/c1-13-4-6-15(7-5-13)12-22-18(24-3)16(19-20-22)17(23)21-10-8-14(2)9-11-21/h4-7,14H,8-12H2,1-3H3. The van der Waals surface area contributed by atoms with Crippen LogP contribution in [-0.4, -0.2) is 46.0 Å². The molecule has 0 spiro atoms. The van der Waals surface area contributed by atoms with Gasteiger partial charge in [-0.3, -0.25) is 4.79 Å². The molecule has 1 amide bonds. The summed E-state index contributed by atoms with van der Waals surface area (Å²) in [5.41, 5.74) is 2.60. The van der Waals surface area contributed by atoms with Crippen LogP contribution in [0.5, 0.6) is 5.88 Å². The minimum atomic E-state index is -0.0890. The first-order valence-electron chi connectivity index (χ1n) is 8.40. The average Bonchev–Trinajstić information content (AvgIpc) is 2.99. The number of methoxy groups -OCH3 is 1. The number of aromatic nitrogens is 3. The average molecular weight is 328 g/mol. The molecule has 1 fully saturated rings. The van der Waals surface area contributed by atoms with Gasteiger partial charge in [0.05, 0.1) is 13.7 Å². The summed E-state index contributed by atoms with van der Waals surface area (Å²) in [6.07, 6.45) is 2.07. The van der Waals surface area contributed by atoms with Gasteiger partial charge in [0.1, 0.15) is 0 Å². The van der Waals surface area contributed by atoms with E-state index in [0.717, 1.165) is 31.5 Å². The Morgan fingerprint density at radius 2 is 1.92 bits per heavy atom. The van der Waals surface area contributed by atoms with E-state index in [1.54, 1.807) is 11.8 Å². The Balaban J connectivity index is 1.78. The van der Waals surface area contributed by atoms with Crippen molar-refractivity contribution in [2.24, 2.45) is 5.92 Å². The lowest BCUT2D eigenvalue weighted by molar-refractivity contribution is 0.0687. The van der Waals surface area contributed by atoms with Crippen molar-refractivity contribution >= 4 is 5.91 Å². The Hall–Kier alpha value is -2.37. The molecule has 128 valence electrons. The van der Waals surface area contributed by atoms with Gasteiger partial charge in [-0.1, -0.05) is 42.0 Å². The molecule has 0 aliphatic carbocycles. The number of carbonyl (C=O) groups excluding carboxylic acids is 1. The molecule has 6 heteroatoms. The number of hydrogen-bond donors (Lipinski definition) is 0. The van der Waals surface area contributed by atoms with Crippen molar-refractivity contribution in [2.45, 2.75) is 33.2 Å². The van der Waals surface area contributed by atoms with Crippen LogP contribution >= 0.6 is 0 Å². The molecule has 0 atom stereocenters. The number of hydrogen-bond acceptors (Lipinski definition) is 4. The molecule has 1 aromatic heterocycles. The predicted octanol–water partition coefficient (Wildman–Crippen LogP) is 2.52. The van der Waals surface area contributed by atoms with Crippen LogP contribution in [0.4, 0.5) is 0 Å². The van der Waals surface area contributed by atoms with Crippen molar-refractivity contribution in [2.75, 3.05) is 20.2 Å². The van der Waals surface area contributed by atoms with E-state index >= 15 is 0 Å². The summed E-state index contributed by atoms with van der Waals surface area (Å²) < 4.78 is 7.08. The summed E-state index contributed by atoms with van der Waals surface area (Å²) in [5.74, 6) is 1.02. The molecule has 0 saturated carbocycles. The van der Waals surface area contributed by atoms with Crippen molar-refractivity contribution in [1.29, 1.82) is 0 Å². The van der Waals surface area contributed by atoms with Crippen LogP contribution in [0.15, 0.2) is 24.3 Å². The summed E-state index contributed by atoms with van der Waals surface area (Å²) in [6, 6.07) is 8.20. The van der Waals surface area contributed by atoms with E-state index in [4.69, 9.17) is 4.74 Å². The fourth-order valence-electron chi connectivity index (χ4n) is 2.97. The zero-order chi connectivity index (χ0) is 17.1. The van der Waals surface area contributed by atoms with Gasteiger partial charge in [-0.05, 0) is 31.2 Å². The van der Waals surface area contributed by atoms with Gasteiger partial charge in [0.25, 0.3) is 5.91 Å². The van der Waals surface area contributed by atoms with Crippen molar-refractivity contribution in [1.82, 2.24) is 19.9 Å². The highest BCUT2D eigenvalue weighted by Gasteiger charge is 2.28. The highest BCUT2D eigenvalue weighted by molar-refractivity contribution is 5.94. The molecule has 0 radical (unpaired) electrons. The molecular weight excluding hydrogens is 304 g/mol. The van der Waals surface area contributed by atoms with Gasteiger partial charge in [-0.2, -0.15) is 0 Å². The van der Waals surface area contributed by atoms with Gasteiger partial charge in [0.15, 0.2) is 0 Å². The fourth-order valence-corrected chi connectivity index (χ4v) is 2.97. The number of ether oxygens (including phenoxy) is 1. The largest absolute Gasteiger partial charge is 0.479 e. The van der Waals surface area contributed by atoms with Gasteiger partial charge in [0, 0.05) is 13.1 Å². The molecule has 1 aliphatic rings. The van der Waals surface area contributed by atoms with Crippen molar-refractivity contribution < 1.29 is 9.53 Å². The van der Waals surface area contributed by atoms with E-state index in [9.17, 15) is 4.79 Å². The van der Waals surface area contributed by atoms with Crippen LogP contribution in [0.2, 0.25) is 0 Å². The van der Waals surface area contributed by atoms with Crippen LogP contribution in [0.1, 0.15) is 41.4 Å². The lowest BCUT2D eigenvalue weighted by atomic mass is 9.99. The number of nitrogens with zero attached hydrogens (tertiary/aromatic N) is 4. The number of rotatable bonds is 4. The first kappa shape index (κ1) is 16.5. The Kier molecular flexibility index (Phi) is 4.83. The van der Waals surface area contributed by atoms with Crippen molar-refractivity contribution in [3.8, 4) is 5.88 Å². The van der Waals surface area contributed by atoms with E-state index in [1.807, 2.05) is 17.0 Å². The minimum Gasteiger partial charge on any atom is -0.479 e. The summed E-state index contributed by atoms with van der Waals surface area (Å²) in [6.45, 7) is 6.35. The van der Waals surface area contributed by atoms with Gasteiger partial charge in [-0.25, -0.2) is 4.68 Å². The number of carbonyl (C=O) groups is 1. The second-order valence-corrected chi connectivity index (χ2v) is 6.57. The van der Waals surface area contributed by atoms with Gasteiger partial charge in [0.2, 0.25) is 11.6 Å². The smallest absolute Gasteiger partial charge is 0.280 e. The van der Waals surface area contributed by atoms with Crippen LogP contribution < -0.4 is 4.74 Å². The molecule has 2 heterocycles. The monoisotopic (exact) mass is 328 g/mol.